The molecule has 1 saturated heterocycles. The molecular formula is C13H26N2O. The van der Waals surface area contributed by atoms with Crippen molar-refractivity contribution < 1.29 is 4.79 Å². The Balaban J connectivity index is 2.39. The van der Waals surface area contributed by atoms with E-state index < -0.39 is 0 Å². The molecule has 0 saturated carbocycles. The molecule has 1 unspecified atom stereocenters. The van der Waals surface area contributed by atoms with Crippen LogP contribution in [0.2, 0.25) is 0 Å². The van der Waals surface area contributed by atoms with Crippen LogP contribution in [-0.2, 0) is 4.79 Å². The minimum Gasteiger partial charge on any atom is -0.352 e. The molecule has 1 atom stereocenters. The number of carbonyl (C=O) groups excluding carboxylic acids is 1. The number of amides is 1. The Morgan fingerprint density at radius 3 is 2.31 bits per heavy atom. The van der Waals surface area contributed by atoms with Crippen molar-refractivity contribution in [3.8, 4) is 0 Å². The van der Waals surface area contributed by atoms with Crippen molar-refractivity contribution in [3.63, 3.8) is 0 Å². The predicted molar refractivity (Wildman–Crippen MR) is 67.4 cm³/mol. The van der Waals surface area contributed by atoms with Gasteiger partial charge in [-0.15, -0.1) is 0 Å². The molecule has 0 spiro atoms. The molecule has 3 nitrogen and oxygen atoms in total. The molecule has 0 aromatic rings. The van der Waals surface area contributed by atoms with E-state index in [1.165, 1.54) is 25.9 Å². The van der Waals surface area contributed by atoms with Crippen LogP contribution in [0.3, 0.4) is 0 Å². The average Bonchev–Trinajstić information content (AvgIpc) is 2.67. The van der Waals surface area contributed by atoms with E-state index in [9.17, 15) is 4.79 Å². The third kappa shape index (κ3) is 4.12. The summed E-state index contributed by atoms with van der Waals surface area (Å²) in [4.78, 5) is 14.3. The van der Waals surface area contributed by atoms with Crippen LogP contribution in [0, 0.1) is 5.41 Å². The van der Waals surface area contributed by atoms with Gasteiger partial charge in [-0.1, -0.05) is 27.7 Å². The van der Waals surface area contributed by atoms with Crippen LogP contribution in [0.25, 0.3) is 0 Å². The zero-order valence-electron chi connectivity index (χ0n) is 11.2. The first-order chi connectivity index (χ1) is 7.43. The van der Waals surface area contributed by atoms with Crippen LogP contribution in [-0.4, -0.2) is 36.5 Å². The van der Waals surface area contributed by atoms with E-state index in [0.717, 1.165) is 13.0 Å². The summed E-state index contributed by atoms with van der Waals surface area (Å²) < 4.78 is 0. The van der Waals surface area contributed by atoms with Crippen LogP contribution in [0.15, 0.2) is 0 Å². The second kappa shape index (κ2) is 5.67. The fraction of sp³-hybridized carbons (Fsp3) is 0.923. The third-order valence-electron chi connectivity index (χ3n) is 3.19. The van der Waals surface area contributed by atoms with Gasteiger partial charge in [-0.25, -0.2) is 0 Å². The zero-order chi connectivity index (χ0) is 12.2. The molecule has 1 heterocycles. The number of hydrogen-bond donors (Lipinski definition) is 1. The summed E-state index contributed by atoms with van der Waals surface area (Å²) in [6, 6.07) is 0.310. The molecule has 1 fully saturated rings. The van der Waals surface area contributed by atoms with Crippen LogP contribution in [0.1, 0.15) is 47.0 Å². The molecule has 0 aromatic carbocycles. The summed E-state index contributed by atoms with van der Waals surface area (Å²) in [6.07, 6.45) is 3.63. The van der Waals surface area contributed by atoms with Crippen LogP contribution >= 0.6 is 0 Å². The van der Waals surface area contributed by atoms with E-state index in [1.54, 1.807) is 0 Å². The third-order valence-corrected chi connectivity index (χ3v) is 3.19. The lowest BCUT2D eigenvalue weighted by molar-refractivity contribution is -0.129. The highest BCUT2D eigenvalue weighted by Crippen LogP contribution is 2.14. The molecular weight excluding hydrogens is 200 g/mol. The molecule has 1 aliphatic heterocycles. The van der Waals surface area contributed by atoms with Crippen molar-refractivity contribution in [1.82, 2.24) is 10.2 Å². The minimum atomic E-state index is -0.279. The second-order valence-electron chi connectivity index (χ2n) is 5.84. The molecule has 0 bridgehead atoms. The molecule has 0 aliphatic carbocycles. The molecule has 1 aliphatic rings. The van der Waals surface area contributed by atoms with E-state index in [0.29, 0.717) is 6.04 Å². The Bertz CT molecular complexity index is 227. The Kier molecular flexibility index (Phi) is 4.78. The lowest BCUT2D eigenvalue weighted by Gasteiger charge is -2.27. The Morgan fingerprint density at radius 1 is 1.31 bits per heavy atom. The normalized spacial score (nSPS) is 19.8. The van der Waals surface area contributed by atoms with E-state index in [2.05, 4.69) is 17.1 Å². The first-order valence-electron chi connectivity index (χ1n) is 6.47. The average molecular weight is 226 g/mol. The number of carbonyl (C=O) groups is 1. The quantitative estimate of drug-likeness (QED) is 0.795. The number of nitrogens with one attached hydrogen (secondary N) is 1. The largest absolute Gasteiger partial charge is 0.352 e. The van der Waals surface area contributed by atoms with E-state index in [1.807, 2.05) is 20.8 Å². The summed E-state index contributed by atoms with van der Waals surface area (Å²) in [5, 5.41) is 3.15. The monoisotopic (exact) mass is 226 g/mol. The SMILES string of the molecule is CCC(CN1CCCC1)NC(=O)C(C)(C)C. The Morgan fingerprint density at radius 2 is 1.88 bits per heavy atom. The molecule has 16 heavy (non-hydrogen) atoms. The van der Waals surface area contributed by atoms with Gasteiger partial charge in [-0.3, -0.25) is 4.79 Å². The van der Waals surface area contributed by atoms with Crippen molar-refractivity contribution in [3.05, 3.63) is 0 Å². The standard InChI is InChI=1S/C13H26N2O/c1-5-11(10-15-8-6-7-9-15)14-12(16)13(2,3)4/h11H,5-10H2,1-4H3,(H,14,16). The number of likely N-dealkylation sites (tertiary alicyclic amines) is 1. The van der Waals surface area contributed by atoms with Crippen LogP contribution in [0.5, 0.6) is 0 Å². The van der Waals surface area contributed by atoms with Gasteiger partial charge in [0.15, 0.2) is 0 Å². The minimum absolute atomic E-state index is 0.165. The van der Waals surface area contributed by atoms with Crippen LogP contribution < -0.4 is 5.32 Å². The van der Waals surface area contributed by atoms with Gasteiger partial charge in [0, 0.05) is 18.0 Å². The van der Waals surface area contributed by atoms with E-state index >= 15 is 0 Å². The van der Waals surface area contributed by atoms with E-state index in [-0.39, 0.29) is 11.3 Å². The maximum absolute atomic E-state index is 11.9. The highest BCUT2D eigenvalue weighted by Gasteiger charge is 2.24. The second-order valence-corrected chi connectivity index (χ2v) is 5.84. The lowest BCUT2D eigenvalue weighted by atomic mass is 9.95. The molecule has 3 heteroatoms. The van der Waals surface area contributed by atoms with E-state index in [4.69, 9.17) is 0 Å². The number of rotatable bonds is 4. The summed E-state index contributed by atoms with van der Waals surface area (Å²) in [7, 11) is 0. The van der Waals surface area contributed by atoms with Gasteiger partial charge in [0.05, 0.1) is 0 Å². The van der Waals surface area contributed by atoms with Crippen LogP contribution in [0.4, 0.5) is 0 Å². The maximum atomic E-state index is 11.9. The van der Waals surface area contributed by atoms with Gasteiger partial charge in [0.2, 0.25) is 5.91 Å². The molecule has 0 radical (unpaired) electrons. The summed E-state index contributed by atoms with van der Waals surface area (Å²) in [6.45, 7) is 11.4. The Hall–Kier alpha value is -0.570. The molecule has 0 aromatic heterocycles. The van der Waals surface area contributed by atoms with Gasteiger partial charge in [-0.05, 0) is 32.4 Å². The molecule has 94 valence electrons. The predicted octanol–water partition coefficient (Wildman–Crippen LogP) is 2.02. The number of nitrogens with zero attached hydrogens (tertiary/aromatic N) is 1. The van der Waals surface area contributed by atoms with Gasteiger partial charge < -0.3 is 10.2 Å². The molecule has 1 rings (SSSR count). The number of hydrogen-bond acceptors (Lipinski definition) is 2. The fourth-order valence-electron chi connectivity index (χ4n) is 1.96. The van der Waals surface area contributed by atoms with Crippen molar-refractivity contribution in [2.75, 3.05) is 19.6 Å². The summed E-state index contributed by atoms with van der Waals surface area (Å²) in [5.41, 5.74) is -0.279. The summed E-state index contributed by atoms with van der Waals surface area (Å²) >= 11 is 0. The van der Waals surface area contributed by atoms with Gasteiger partial charge in [-0.2, -0.15) is 0 Å². The first kappa shape index (κ1) is 13.5. The smallest absolute Gasteiger partial charge is 0.225 e. The van der Waals surface area contributed by atoms with Crippen molar-refractivity contribution >= 4 is 5.91 Å². The zero-order valence-corrected chi connectivity index (χ0v) is 11.2. The lowest BCUT2D eigenvalue weighted by Crippen LogP contribution is -2.46. The highest BCUT2D eigenvalue weighted by atomic mass is 16.2. The van der Waals surface area contributed by atoms with Gasteiger partial charge in [0.25, 0.3) is 0 Å². The van der Waals surface area contributed by atoms with Crippen molar-refractivity contribution in [2.24, 2.45) is 5.41 Å². The van der Waals surface area contributed by atoms with Crippen molar-refractivity contribution in [2.45, 2.75) is 53.0 Å². The molecule has 1 amide bonds. The Labute approximate surface area is 99.6 Å². The highest BCUT2D eigenvalue weighted by molar-refractivity contribution is 5.81. The first-order valence-corrected chi connectivity index (χ1v) is 6.47. The van der Waals surface area contributed by atoms with Gasteiger partial charge in [0.1, 0.15) is 0 Å². The van der Waals surface area contributed by atoms with Gasteiger partial charge >= 0.3 is 0 Å². The topological polar surface area (TPSA) is 32.3 Å². The molecule has 1 N–H and O–H groups in total. The van der Waals surface area contributed by atoms with Crippen molar-refractivity contribution in [1.29, 1.82) is 0 Å². The fourth-order valence-corrected chi connectivity index (χ4v) is 1.96. The maximum Gasteiger partial charge on any atom is 0.225 e. The summed E-state index contributed by atoms with van der Waals surface area (Å²) in [5.74, 6) is 0.165.